The van der Waals surface area contributed by atoms with Gasteiger partial charge in [0.2, 0.25) is 9.16 Å². The zero-order valence-corrected chi connectivity index (χ0v) is 12.4. The highest BCUT2D eigenvalue weighted by molar-refractivity contribution is 8.12. The number of hydrogen-bond acceptors (Lipinski definition) is 12. The third-order valence-electron chi connectivity index (χ3n) is 2.21. The molecule has 2 rings (SSSR count). The molecule has 0 bridgehead atoms. The van der Waals surface area contributed by atoms with Crippen LogP contribution in [0.4, 0.5) is 0 Å². The molecule has 2 aliphatic rings. The summed E-state index contributed by atoms with van der Waals surface area (Å²) in [5.41, 5.74) is 0. The van der Waals surface area contributed by atoms with E-state index in [0.29, 0.717) is 0 Å². The molecule has 0 atom stereocenters. The Morgan fingerprint density at radius 3 is 0.900 bits per heavy atom. The van der Waals surface area contributed by atoms with Gasteiger partial charge < -0.3 is 0 Å². The lowest BCUT2D eigenvalue weighted by atomic mass is 10.9. The van der Waals surface area contributed by atoms with Gasteiger partial charge in [0, 0.05) is 0 Å². The van der Waals surface area contributed by atoms with E-state index < -0.39 is 63.2 Å². The van der Waals surface area contributed by atoms with Crippen molar-refractivity contribution in [2.24, 2.45) is 0 Å². The van der Waals surface area contributed by atoms with Crippen molar-refractivity contribution in [2.75, 3.05) is 13.6 Å². The lowest BCUT2D eigenvalue weighted by molar-refractivity contribution is 0.109. The molecule has 2 heterocycles. The first kappa shape index (κ1) is 16.0. The molecule has 118 valence electrons. The van der Waals surface area contributed by atoms with Gasteiger partial charge in [0.25, 0.3) is 40.5 Å². The van der Waals surface area contributed by atoms with Crippen LogP contribution in [0.3, 0.4) is 0 Å². The van der Waals surface area contributed by atoms with Gasteiger partial charge >= 0.3 is 0 Å². The van der Waals surface area contributed by atoms with E-state index in [-0.39, 0.29) is 0 Å². The van der Waals surface area contributed by atoms with Crippen LogP contribution in [0.1, 0.15) is 0 Å². The smallest absolute Gasteiger partial charge is 0.239 e. The van der Waals surface area contributed by atoms with E-state index in [1.165, 1.54) is 0 Å². The van der Waals surface area contributed by atoms with Gasteiger partial charge in [0.1, 0.15) is 0 Å². The first-order chi connectivity index (χ1) is 8.90. The van der Waals surface area contributed by atoms with E-state index in [4.69, 9.17) is 0 Å². The Hall–Kier alpha value is -0.360. The summed E-state index contributed by atoms with van der Waals surface area (Å²) < 4.78 is 102. The minimum absolute atomic E-state index is 1.23. The highest BCUT2D eigenvalue weighted by Crippen LogP contribution is 2.33. The number of rotatable bonds is 1. The van der Waals surface area contributed by atoms with Gasteiger partial charge in [0.05, 0.1) is 0 Å². The molecule has 0 aromatic heterocycles. The monoisotopic (exact) mass is 374 g/mol. The molecular weight excluding hydrogens is 368 g/mol. The maximum atomic E-state index is 11.6. The second kappa shape index (κ2) is 4.57. The third kappa shape index (κ3) is 2.56. The van der Waals surface area contributed by atoms with E-state index >= 15 is 0 Å². The van der Waals surface area contributed by atoms with Crippen molar-refractivity contribution in [1.82, 2.24) is 0 Å². The van der Waals surface area contributed by atoms with Gasteiger partial charge in [-0.3, -0.25) is 0 Å². The van der Waals surface area contributed by atoms with Crippen LogP contribution in [0, 0.1) is 0 Å². The van der Waals surface area contributed by atoms with Crippen molar-refractivity contribution < 1.29 is 50.4 Å². The topological polar surface area (TPSA) is 173 Å². The predicted molar refractivity (Wildman–Crippen MR) is 57.3 cm³/mol. The molecule has 0 unspecified atom stereocenters. The van der Waals surface area contributed by atoms with Crippen molar-refractivity contribution in [3.8, 4) is 0 Å². The highest BCUT2D eigenvalue weighted by Gasteiger charge is 2.62. The summed E-state index contributed by atoms with van der Waals surface area (Å²) in [7, 11) is -20.4. The minimum atomic E-state index is -5.10. The summed E-state index contributed by atoms with van der Waals surface area (Å²) in [6, 6.07) is 0. The lowest BCUT2D eigenvalue weighted by Crippen LogP contribution is -2.55. The van der Waals surface area contributed by atoms with Crippen LogP contribution in [0.2, 0.25) is 0 Å². The van der Waals surface area contributed by atoms with E-state index in [2.05, 4.69) is 16.7 Å². The molecule has 0 amide bonds. The van der Waals surface area contributed by atoms with Crippen molar-refractivity contribution in [1.29, 1.82) is 0 Å². The Labute approximate surface area is 114 Å². The molecule has 16 heteroatoms. The van der Waals surface area contributed by atoms with Crippen LogP contribution in [0.25, 0.3) is 0 Å². The molecule has 2 aliphatic heterocycles. The zero-order valence-electron chi connectivity index (χ0n) is 9.10. The van der Waals surface area contributed by atoms with Crippen LogP contribution in [0.15, 0.2) is 0 Å². The Morgan fingerprint density at radius 2 is 0.700 bits per heavy atom. The van der Waals surface area contributed by atoms with Crippen molar-refractivity contribution >= 4 is 40.5 Å². The van der Waals surface area contributed by atoms with Crippen molar-refractivity contribution in [3.05, 3.63) is 0 Å². The van der Waals surface area contributed by atoms with Gasteiger partial charge in [0.15, 0.2) is 13.6 Å². The Morgan fingerprint density at radius 1 is 0.500 bits per heavy atom. The lowest BCUT2D eigenvalue weighted by Gasteiger charge is -2.29. The third-order valence-corrected chi connectivity index (χ3v) is 10.8. The maximum absolute atomic E-state index is 11.6. The van der Waals surface area contributed by atoms with E-state index in [0.717, 1.165) is 0 Å². The standard InChI is InChI=1S/C4H6O12S4/c5-17(6)3(18(7,8)14-1-13-17)4-19(9,10)15-2-16-20(4,11)12/h3-4H,1-2H2. The van der Waals surface area contributed by atoms with Crippen LogP contribution >= 0.6 is 0 Å². The SMILES string of the molecule is O=S1(=O)OCOS(=O)(=O)C1C1S(=O)(=O)OCOS1(=O)=O. The fraction of sp³-hybridized carbons (Fsp3) is 1.00. The van der Waals surface area contributed by atoms with Crippen molar-refractivity contribution in [3.63, 3.8) is 0 Å². The molecule has 0 aromatic rings. The Balaban J connectivity index is 2.73. The maximum Gasteiger partial charge on any atom is 0.292 e. The van der Waals surface area contributed by atoms with Crippen molar-refractivity contribution in [2.45, 2.75) is 9.16 Å². The molecule has 0 aromatic carbocycles. The van der Waals surface area contributed by atoms with Crippen LogP contribution in [-0.4, -0.2) is 56.4 Å². The van der Waals surface area contributed by atoms with Crippen LogP contribution < -0.4 is 0 Å². The first-order valence-electron chi connectivity index (χ1n) is 4.43. The summed E-state index contributed by atoms with van der Waals surface area (Å²) in [4.78, 5) is 0. The zero-order chi connectivity index (χ0) is 15.4. The average molecular weight is 374 g/mol. The molecule has 20 heavy (non-hydrogen) atoms. The minimum Gasteiger partial charge on any atom is -0.239 e. The van der Waals surface area contributed by atoms with Gasteiger partial charge in [-0.25, -0.2) is 16.7 Å². The van der Waals surface area contributed by atoms with Gasteiger partial charge in [-0.2, -0.15) is 33.7 Å². The summed E-state index contributed by atoms with van der Waals surface area (Å²) in [5, 5.41) is 0. The van der Waals surface area contributed by atoms with E-state index in [9.17, 15) is 33.7 Å². The molecule has 2 saturated heterocycles. The fourth-order valence-corrected chi connectivity index (χ4v) is 10.1. The quantitative estimate of drug-likeness (QED) is 0.425. The molecule has 0 saturated carbocycles. The Bertz CT molecular complexity index is 672. The summed E-state index contributed by atoms with van der Waals surface area (Å²) >= 11 is 0. The second-order valence-corrected chi connectivity index (χ2v) is 10.9. The summed E-state index contributed by atoms with van der Waals surface area (Å²) in [6.45, 7) is -2.45. The number of hydrogen-bond donors (Lipinski definition) is 0. The van der Waals surface area contributed by atoms with Gasteiger partial charge in [-0.15, -0.1) is 0 Å². The normalized spacial score (nSPS) is 32.6. The first-order valence-corrected chi connectivity index (χ1v) is 10.3. The Kier molecular flexibility index (Phi) is 3.66. The van der Waals surface area contributed by atoms with E-state index in [1.54, 1.807) is 0 Å². The van der Waals surface area contributed by atoms with E-state index in [1.807, 2.05) is 0 Å². The highest BCUT2D eigenvalue weighted by atomic mass is 32.3. The predicted octanol–water partition coefficient (Wildman–Crippen LogP) is -3.03. The molecule has 12 nitrogen and oxygen atoms in total. The summed E-state index contributed by atoms with van der Waals surface area (Å²) in [6.07, 6.45) is 0. The fourth-order valence-electron chi connectivity index (χ4n) is 1.41. The molecule has 0 spiro atoms. The molecular formula is C4H6O12S4. The van der Waals surface area contributed by atoms with Crippen LogP contribution in [0.5, 0.6) is 0 Å². The molecule has 2 fully saturated rings. The molecule has 0 N–H and O–H groups in total. The molecule has 0 aliphatic carbocycles. The second-order valence-electron chi connectivity index (χ2n) is 3.42. The molecule has 0 radical (unpaired) electrons. The summed E-state index contributed by atoms with van der Waals surface area (Å²) in [5.74, 6) is 0. The van der Waals surface area contributed by atoms with Crippen LogP contribution in [-0.2, 0) is 57.2 Å². The average Bonchev–Trinajstić information content (AvgIpc) is 2.19. The van der Waals surface area contributed by atoms with Gasteiger partial charge in [-0.1, -0.05) is 0 Å². The largest absolute Gasteiger partial charge is 0.292 e. The van der Waals surface area contributed by atoms with Gasteiger partial charge in [-0.05, 0) is 0 Å².